The molecule has 2 rings (SSSR count). The summed E-state index contributed by atoms with van der Waals surface area (Å²) in [6.07, 6.45) is 1.56. The number of benzene rings is 2. The van der Waals surface area contributed by atoms with Crippen molar-refractivity contribution in [3.05, 3.63) is 71.3 Å². The molecule has 0 bridgehead atoms. The van der Waals surface area contributed by atoms with Gasteiger partial charge < -0.3 is 14.4 Å². The van der Waals surface area contributed by atoms with Crippen LogP contribution < -0.4 is 4.74 Å². The van der Waals surface area contributed by atoms with Crippen LogP contribution in [0.5, 0.6) is 5.75 Å². The van der Waals surface area contributed by atoms with Gasteiger partial charge in [0, 0.05) is 24.7 Å². The highest BCUT2D eigenvalue weighted by Crippen LogP contribution is 2.29. The Balaban J connectivity index is 2.33. The fourth-order valence-corrected chi connectivity index (χ4v) is 3.18. The third kappa shape index (κ3) is 6.21. The number of hydrogen-bond donors (Lipinski definition) is 0. The van der Waals surface area contributed by atoms with Crippen LogP contribution in [0.15, 0.2) is 54.6 Å². The highest BCUT2D eigenvalue weighted by atomic mass is 16.5. The van der Waals surface area contributed by atoms with Gasteiger partial charge >= 0.3 is 5.97 Å². The maximum atomic E-state index is 12.4. The van der Waals surface area contributed by atoms with Crippen molar-refractivity contribution in [2.75, 3.05) is 20.2 Å². The third-order valence-electron chi connectivity index (χ3n) is 5.07. The maximum absolute atomic E-state index is 12.4. The Morgan fingerprint density at radius 1 is 1.07 bits per heavy atom. The molecule has 0 aliphatic heterocycles. The van der Waals surface area contributed by atoms with Gasteiger partial charge in [-0.25, -0.2) is 0 Å². The normalized spacial score (nSPS) is 12.2. The third-order valence-corrected chi connectivity index (χ3v) is 5.07. The van der Waals surface area contributed by atoms with Crippen LogP contribution in [-0.4, -0.2) is 37.0 Å². The second kappa shape index (κ2) is 11.2. The van der Waals surface area contributed by atoms with E-state index in [9.17, 15) is 9.59 Å². The van der Waals surface area contributed by atoms with Crippen molar-refractivity contribution in [3.8, 4) is 5.75 Å². The number of amides is 1. The monoisotopic (exact) mass is 409 g/mol. The molecule has 30 heavy (non-hydrogen) atoms. The van der Waals surface area contributed by atoms with E-state index in [4.69, 9.17) is 9.47 Å². The van der Waals surface area contributed by atoms with Crippen molar-refractivity contribution in [1.29, 1.82) is 0 Å². The number of ether oxygens (including phenoxy) is 2. The van der Waals surface area contributed by atoms with Crippen LogP contribution in [0.4, 0.5) is 0 Å². The zero-order valence-corrected chi connectivity index (χ0v) is 18.5. The maximum Gasteiger partial charge on any atom is 0.310 e. The van der Waals surface area contributed by atoms with Gasteiger partial charge in [-0.3, -0.25) is 9.59 Å². The lowest BCUT2D eigenvalue weighted by Crippen LogP contribution is -2.28. The number of carbonyl (C=O) groups excluding carboxylic acids is 2. The molecular weight excluding hydrogens is 378 g/mol. The summed E-state index contributed by atoms with van der Waals surface area (Å²) in [5, 5.41) is 0. The van der Waals surface area contributed by atoms with Crippen LogP contribution in [0.1, 0.15) is 50.5 Å². The van der Waals surface area contributed by atoms with Crippen molar-refractivity contribution in [2.24, 2.45) is 0 Å². The molecule has 0 fully saturated rings. The fourth-order valence-electron chi connectivity index (χ4n) is 3.18. The largest absolute Gasteiger partial charge is 0.486 e. The molecule has 1 atom stereocenters. The van der Waals surface area contributed by atoms with E-state index in [0.29, 0.717) is 18.8 Å². The Labute approximate surface area is 179 Å². The molecule has 0 unspecified atom stereocenters. The predicted octanol–water partition coefficient (Wildman–Crippen LogP) is 4.81. The Morgan fingerprint density at radius 2 is 1.73 bits per heavy atom. The van der Waals surface area contributed by atoms with Gasteiger partial charge in [-0.15, -0.1) is 0 Å². The highest BCUT2D eigenvalue weighted by Gasteiger charge is 2.15. The summed E-state index contributed by atoms with van der Waals surface area (Å²) in [6, 6.07) is 15.6. The number of allylic oxidation sites excluding steroid dienone is 1. The lowest BCUT2D eigenvalue weighted by atomic mass is 10.0. The molecule has 0 spiro atoms. The number of hydrogen-bond acceptors (Lipinski definition) is 4. The Hall–Kier alpha value is -3.08. The number of rotatable bonds is 9. The molecule has 5 nitrogen and oxygen atoms in total. The fraction of sp³-hybridized carbons (Fsp3) is 0.360. The molecule has 0 aromatic heterocycles. The Morgan fingerprint density at radius 3 is 2.33 bits per heavy atom. The van der Waals surface area contributed by atoms with E-state index in [1.54, 1.807) is 11.0 Å². The molecule has 0 N–H and O–H groups in total. The quantitative estimate of drug-likeness (QED) is 0.440. The molecule has 0 heterocycles. The molecule has 2 aromatic carbocycles. The van der Waals surface area contributed by atoms with Crippen LogP contribution >= 0.6 is 0 Å². The second-order valence-electron chi connectivity index (χ2n) is 7.08. The van der Waals surface area contributed by atoms with E-state index >= 15 is 0 Å². The number of nitrogens with zero attached hydrogens (tertiary/aromatic N) is 1. The molecule has 5 heteroatoms. The molecule has 1 amide bonds. The Kier molecular flexibility index (Phi) is 8.66. The standard InChI is InChI=1S/C25H31NO4/c1-6-26(7-2)24(27)15-18(3)21-13-14-23(22(16-21)17-25(28)29-5)30-19(4)20-11-9-8-10-12-20/h8-16,19H,6-7,17H2,1-5H3/b18-15+/t19-/m1/s1. The van der Waals surface area contributed by atoms with Crippen molar-refractivity contribution < 1.29 is 19.1 Å². The van der Waals surface area contributed by atoms with Gasteiger partial charge in [0.1, 0.15) is 11.9 Å². The van der Waals surface area contributed by atoms with Gasteiger partial charge in [0.25, 0.3) is 0 Å². The van der Waals surface area contributed by atoms with Crippen molar-refractivity contribution in [3.63, 3.8) is 0 Å². The number of carbonyl (C=O) groups is 2. The van der Waals surface area contributed by atoms with E-state index in [1.807, 2.05) is 76.2 Å². The lowest BCUT2D eigenvalue weighted by Gasteiger charge is -2.19. The summed E-state index contributed by atoms with van der Waals surface area (Å²) in [7, 11) is 1.37. The molecule has 0 aliphatic rings. The first kappa shape index (κ1) is 23.2. The van der Waals surface area contributed by atoms with E-state index in [1.165, 1.54) is 7.11 Å². The van der Waals surface area contributed by atoms with Gasteiger partial charge in [-0.2, -0.15) is 0 Å². The molecule has 0 aliphatic carbocycles. The lowest BCUT2D eigenvalue weighted by molar-refractivity contribution is -0.139. The average Bonchev–Trinajstić information content (AvgIpc) is 2.76. The smallest absolute Gasteiger partial charge is 0.310 e. The van der Waals surface area contributed by atoms with Gasteiger partial charge in [0.2, 0.25) is 5.91 Å². The second-order valence-corrected chi connectivity index (χ2v) is 7.08. The predicted molar refractivity (Wildman–Crippen MR) is 119 cm³/mol. The Bertz CT molecular complexity index is 885. The summed E-state index contributed by atoms with van der Waals surface area (Å²) in [4.78, 5) is 26.1. The van der Waals surface area contributed by atoms with Gasteiger partial charge in [0.05, 0.1) is 13.5 Å². The molecule has 160 valence electrons. The average molecular weight is 410 g/mol. The van der Waals surface area contributed by atoms with E-state index < -0.39 is 0 Å². The minimum absolute atomic E-state index is 0.0231. The van der Waals surface area contributed by atoms with Crippen LogP contribution in [0.2, 0.25) is 0 Å². The first-order chi connectivity index (χ1) is 14.4. The minimum Gasteiger partial charge on any atom is -0.486 e. The van der Waals surface area contributed by atoms with Gasteiger partial charge in [-0.05, 0) is 56.5 Å². The van der Waals surface area contributed by atoms with Crippen LogP contribution in [-0.2, 0) is 20.7 Å². The zero-order chi connectivity index (χ0) is 22.1. The van der Waals surface area contributed by atoms with Crippen LogP contribution in [0, 0.1) is 0 Å². The van der Waals surface area contributed by atoms with Gasteiger partial charge in [-0.1, -0.05) is 36.4 Å². The number of methoxy groups -OCH3 is 1. The first-order valence-corrected chi connectivity index (χ1v) is 10.3. The summed E-state index contributed by atoms with van der Waals surface area (Å²) >= 11 is 0. The van der Waals surface area contributed by atoms with Crippen LogP contribution in [0.25, 0.3) is 5.57 Å². The summed E-state index contributed by atoms with van der Waals surface area (Å²) in [5.41, 5.74) is 3.48. The SMILES string of the molecule is CCN(CC)C(=O)/C=C(\C)c1ccc(O[C@H](C)c2ccccc2)c(CC(=O)OC)c1. The summed E-state index contributed by atoms with van der Waals surface area (Å²) in [6.45, 7) is 9.11. The zero-order valence-electron chi connectivity index (χ0n) is 18.5. The van der Waals surface area contributed by atoms with E-state index in [0.717, 1.165) is 22.3 Å². The van der Waals surface area contributed by atoms with E-state index in [-0.39, 0.29) is 24.4 Å². The minimum atomic E-state index is -0.342. The van der Waals surface area contributed by atoms with Crippen molar-refractivity contribution >= 4 is 17.4 Å². The number of esters is 1. The molecule has 0 radical (unpaired) electrons. The van der Waals surface area contributed by atoms with Crippen molar-refractivity contribution in [1.82, 2.24) is 4.90 Å². The first-order valence-electron chi connectivity index (χ1n) is 10.3. The molecule has 2 aromatic rings. The topological polar surface area (TPSA) is 55.8 Å². The number of likely N-dealkylation sites (N-methyl/N-ethyl adjacent to an activating group) is 1. The van der Waals surface area contributed by atoms with E-state index in [2.05, 4.69) is 0 Å². The molecule has 0 saturated heterocycles. The van der Waals surface area contributed by atoms with Crippen molar-refractivity contribution in [2.45, 2.75) is 40.2 Å². The molecule has 0 saturated carbocycles. The summed E-state index contributed by atoms with van der Waals surface area (Å²) in [5.74, 6) is 0.263. The van der Waals surface area contributed by atoms with Gasteiger partial charge in [0.15, 0.2) is 0 Å². The highest BCUT2D eigenvalue weighted by molar-refractivity contribution is 5.95. The van der Waals surface area contributed by atoms with Crippen LogP contribution in [0.3, 0.4) is 0 Å². The summed E-state index contributed by atoms with van der Waals surface area (Å²) < 4.78 is 11.0. The molecular formula is C25H31NO4.